The first-order valence-corrected chi connectivity index (χ1v) is 14.9. The summed E-state index contributed by atoms with van der Waals surface area (Å²) in [5.41, 5.74) is -4.72. The number of halogens is 8. The lowest BCUT2D eigenvalue weighted by atomic mass is 9.93. The maximum Gasteiger partial charge on any atom is 0.417 e. The molecule has 0 unspecified atom stereocenters. The number of carboxylic acid groups (broad SMARTS) is 1. The number of aryl methyl sites for hydroxylation is 1. The van der Waals surface area contributed by atoms with E-state index < -0.39 is 88.4 Å². The minimum atomic E-state index is -4.92. The highest BCUT2D eigenvalue weighted by atomic mass is 19.4. The van der Waals surface area contributed by atoms with Crippen molar-refractivity contribution in [3.05, 3.63) is 93.0 Å². The Hall–Kier alpha value is -5.06. The average Bonchev–Trinajstić information content (AvgIpc) is 3.02. The van der Waals surface area contributed by atoms with Gasteiger partial charge in [-0.25, -0.2) is 13.6 Å². The number of hydrogen-bond acceptors (Lipinski definition) is 6. The van der Waals surface area contributed by atoms with E-state index >= 15 is 8.78 Å². The number of rotatable bonds is 7. The van der Waals surface area contributed by atoms with Crippen LogP contribution in [-0.2, 0) is 29.2 Å². The van der Waals surface area contributed by atoms with Gasteiger partial charge in [0.15, 0.2) is 6.04 Å². The Bertz CT molecular complexity index is 2020. The number of aliphatic carboxylic acids is 1. The molecular weight excluding hydrogens is 684 g/mol. The van der Waals surface area contributed by atoms with Crippen molar-refractivity contribution in [1.82, 2.24) is 14.9 Å². The largest absolute Gasteiger partial charge is 0.480 e. The number of fused-ring (bicyclic) bond motifs is 1. The second-order valence-electron chi connectivity index (χ2n) is 11.7. The van der Waals surface area contributed by atoms with Gasteiger partial charge in [-0.1, -0.05) is 18.2 Å². The number of pyridine rings is 2. The van der Waals surface area contributed by atoms with Crippen molar-refractivity contribution in [3.8, 4) is 11.1 Å². The van der Waals surface area contributed by atoms with Gasteiger partial charge in [0.1, 0.15) is 23.2 Å². The molecule has 0 spiro atoms. The van der Waals surface area contributed by atoms with Gasteiger partial charge in [0.25, 0.3) is 11.5 Å². The van der Waals surface area contributed by atoms with Crippen LogP contribution >= 0.6 is 0 Å². The zero-order valence-corrected chi connectivity index (χ0v) is 26.4. The predicted molar refractivity (Wildman–Crippen MR) is 164 cm³/mol. The fourth-order valence-electron chi connectivity index (χ4n) is 6.06. The lowest BCUT2D eigenvalue weighted by molar-refractivity contribution is -0.183. The lowest BCUT2D eigenvalue weighted by Gasteiger charge is -2.42. The molecule has 2 N–H and O–H groups in total. The molecule has 1 fully saturated rings. The van der Waals surface area contributed by atoms with Crippen molar-refractivity contribution in [2.45, 2.75) is 50.8 Å². The first-order valence-electron chi connectivity index (χ1n) is 14.9. The molecule has 4 aromatic rings. The number of carboxylic acids is 1. The minimum Gasteiger partial charge on any atom is -0.480 e. The van der Waals surface area contributed by atoms with E-state index in [0.717, 1.165) is 23.6 Å². The van der Waals surface area contributed by atoms with E-state index in [1.54, 1.807) is 0 Å². The summed E-state index contributed by atoms with van der Waals surface area (Å²) in [7, 11) is 1.30. The highest BCUT2D eigenvalue weighted by Crippen LogP contribution is 2.39. The Morgan fingerprint density at radius 1 is 1.08 bits per heavy atom. The monoisotopic (exact) mass is 712 g/mol. The smallest absolute Gasteiger partial charge is 0.417 e. The molecule has 3 atom stereocenters. The lowest BCUT2D eigenvalue weighted by Crippen LogP contribution is -2.57. The van der Waals surface area contributed by atoms with Crippen LogP contribution in [0, 0.1) is 18.6 Å². The normalized spacial score (nSPS) is 17.5. The summed E-state index contributed by atoms with van der Waals surface area (Å²) in [4.78, 5) is 43.3. The van der Waals surface area contributed by atoms with E-state index in [9.17, 15) is 45.8 Å². The molecule has 1 saturated heterocycles. The zero-order chi connectivity index (χ0) is 36.9. The summed E-state index contributed by atoms with van der Waals surface area (Å²) in [6.07, 6.45) is -10.4. The maximum absolute atomic E-state index is 15.2. The number of morpholine rings is 1. The minimum absolute atomic E-state index is 0.0451. The Balaban J connectivity index is 1.48. The first-order chi connectivity index (χ1) is 23.3. The SMILES string of the molecule is Cc1cc(C(F)(F)F)c(-c2ccc(C[C@H](NC(=O)c3c(F)cc(N4CCO[C@@H](C)[C@@H]4C(F)(F)F)cc3F)C(=O)O)c3cccnc23)c(=O)n1C. The van der Waals surface area contributed by atoms with Crippen molar-refractivity contribution >= 4 is 28.5 Å². The first kappa shape index (κ1) is 36.2. The van der Waals surface area contributed by atoms with Gasteiger partial charge in [0.05, 0.1) is 29.4 Å². The molecule has 0 saturated carbocycles. The van der Waals surface area contributed by atoms with Gasteiger partial charge in [-0.2, -0.15) is 26.3 Å². The fourth-order valence-corrected chi connectivity index (χ4v) is 6.06. The van der Waals surface area contributed by atoms with Crippen LogP contribution in [0.15, 0.2) is 53.5 Å². The number of hydrogen-bond donors (Lipinski definition) is 2. The molecule has 0 bridgehead atoms. The molecule has 2 aromatic carbocycles. The summed E-state index contributed by atoms with van der Waals surface area (Å²) in [6.45, 7) is 1.95. The van der Waals surface area contributed by atoms with Crippen LogP contribution in [0.5, 0.6) is 0 Å². The molecule has 17 heteroatoms. The van der Waals surface area contributed by atoms with E-state index in [2.05, 4.69) is 4.98 Å². The highest BCUT2D eigenvalue weighted by Gasteiger charge is 2.49. The van der Waals surface area contributed by atoms with E-state index in [-0.39, 0.29) is 40.9 Å². The zero-order valence-electron chi connectivity index (χ0n) is 26.4. The van der Waals surface area contributed by atoms with Crippen molar-refractivity contribution in [1.29, 1.82) is 0 Å². The molecule has 3 heterocycles. The second-order valence-corrected chi connectivity index (χ2v) is 11.7. The number of amides is 1. The molecular formula is C33H28F8N4O5. The number of carbonyl (C=O) groups is 2. The van der Waals surface area contributed by atoms with Crippen molar-refractivity contribution < 1.29 is 54.6 Å². The van der Waals surface area contributed by atoms with Crippen molar-refractivity contribution in [3.63, 3.8) is 0 Å². The van der Waals surface area contributed by atoms with Crippen LogP contribution in [0.25, 0.3) is 22.0 Å². The van der Waals surface area contributed by atoms with E-state index in [1.165, 1.54) is 38.4 Å². The highest BCUT2D eigenvalue weighted by molar-refractivity contribution is 5.99. The summed E-state index contributed by atoms with van der Waals surface area (Å²) in [6, 6.07) is 3.01. The summed E-state index contributed by atoms with van der Waals surface area (Å²) >= 11 is 0. The standard InChI is InChI=1S/C33H28F8N4O5/c1-15-11-21(32(36,37)38)25(30(47)44(15)3)20-7-6-17(19-5-4-8-42-27(19)20)12-24(31(48)49)43-29(46)26-22(34)13-18(14-23(26)35)45-9-10-50-16(2)28(45)33(39,40)41/h4-8,11,13-14,16,24,28H,9-10,12H2,1-3H3,(H,43,46)(H,48,49)/t16-,24-,28+/m0/s1. The number of carbonyl (C=O) groups excluding carboxylic acids is 1. The summed E-state index contributed by atoms with van der Waals surface area (Å²) in [5.74, 6) is -6.29. The second kappa shape index (κ2) is 13.3. The van der Waals surface area contributed by atoms with Gasteiger partial charge in [-0.15, -0.1) is 0 Å². The molecule has 266 valence electrons. The molecule has 1 aliphatic rings. The number of nitrogens with zero attached hydrogens (tertiary/aromatic N) is 3. The molecule has 0 aliphatic carbocycles. The van der Waals surface area contributed by atoms with Crippen LogP contribution < -0.4 is 15.8 Å². The molecule has 1 amide bonds. The van der Waals surface area contributed by atoms with E-state index in [1.807, 2.05) is 5.32 Å². The van der Waals surface area contributed by atoms with Gasteiger partial charge in [0.2, 0.25) is 0 Å². The van der Waals surface area contributed by atoms with Crippen LogP contribution in [0.3, 0.4) is 0 Å². The third-order valence-electron chi connectivity index (χ3n) is 8.55. The molecule has 1 aliphatic heterocycles. The number of nitrogens with one attached hydrogen (secondary N) is 1. The molecule has 5 rings (SSSR count). The Morgan fingerprint density at radius 2 is 1.74 bits per heavy atom. The van der Waals surface area contributed by atoms with Gasteiger partial charge in [0, 0.05) is 48.5 Å². The van der Waals surface area contributed by atoms with Gasteiger partial charge in [-0.3, -0.25) is 14.6 Å². The molecule has 9 nitrogen and oxygen atoms in total. The Labute approximate surface area is 278 Å². The summed E-state index contributed by atoms with van der Waals surface area (Å²) in [5, 5.41) is 12.1. The summed E-state index contributed by atoms with van der Waals surface area (Å²) < 4.78 is 120. The van der Waals surface area contributed by atoms with Gasteiger partial charge < -0.3 is 24.6 Å². The number of aromatic nitrogens is 2. The van der Waals surface area contributed by atoms with Crippen molar-refractivity contribution in [2.75, 3.05) is 18.1 Å². The van der Waals surface area contributed by atoms with Crippen LogP contribution in [0.2, 0.25) is 0 Å². The molecule has 50 heavy (non-hydrogen) atoms. The maximum atomic E-state index is 15.2. The van der Waals surface area contributed by atoms with Crippen LogP contribution in [-0.4, -0.2) is 64.0 Å². The number of ether oxygens (including phenoxy) is 1. The van der Waals surface area contributed by atoms with E-state index in [0.29, 0.717) is 17.0 Å². The Morgan fingerprint density at radius 3 is 2.34 bits per heavy atom. The third-order valence-corrected chi connectivity index (χ3v) is 8.55. The number of anilines is 1. The topological polar surface area (TPSA) is 114 Å². The van der Waals surface area contributed by atoms with Crippen LogP contribution in [0.4, 0.5) is 40.8 Å². The van der Waals surface area contributed by atoms with Crippen molar-refractivity contribution in [2.24, 2.45) is 7.05 Å². The third kappa shape index (κ3) is 6.86. The Kier molecular flexibility index (Phi) is 9.66. The predicted octanol–water partition coefficient (Wildman–Crippen LogP) is 5.79. The van der Waals surface area contributed by atoms with Gasteiger partial charge in [-0.05, 0) is 43.7 Å². The fraction of sp³-hybridized carbons (Fsp3) is 0.333. The number of benzene rings is 2. The molecule has 0 radical (unpaired) electrons. The van der Waals surface area contributed by atoms with Crippen LogP contribution in [0.1, 0.15) is 34.1 Å². The quantitative estimate of drug-likeness (QED) is 0.234. The van der Waals surface area contributed by atoms with Gasteiger partial charge >= 0.3 is 18.3 Å². The molecule has 2 aromatic heterocycles. The average molecular weight is 713 g/mol. The number of alkyl halides is 6. The van der Waals surface area contributed by atoms with E-state index in [4.69, 9.17) is 4.74 Å².